The third-order valence-electron chi connectivity index (χ3n) is 1.81. The standard InChI is InChI=1S/C7H14Br2Si/c1-10(2,3)5-6-4-7(6,8)9/h6H,4-5H2,1-3H3. The van der Waals surface area contributed by atoms with Gasteiger partial charge in [0.2, 0.25) is 0 Å². The maximum atomic E-state index is 3.64. The van der Waals surface area contributed by atoms with E-state index in [4.69, 9.17) is 0 Å². The minimum Gasteiger partial charge on any atom is -0.0724 e. The van der Waals surface area contributed by atoms with Crippen molar-refractivity contribution in [1.82, 2.24) is 0 Å². The Kier molecular flexibility index (Phi) is 2.40. The second-order valence-electron chi connectivity index (χ2n) is 4.43. The van der Waals surface area contributed by atoms with Crippen LogP contribution >= 0.6 is 31.9 Å². The molecule has 1 rings (SSSR count). The lowest BCUT2D eigenvalue weighted by Gasteiger charge is -2.15. The van der Waals surface area contributed by atoms with Crippen molar-refractivity contribution in [3.8, 4) is 0 Å². The Morgan fingerprint density at radius 1 is 1.40 bits per heavy atom. The summed E-state index contributed by atoms with van der Waals surface area (Å²) in [5.74, 6) is 0.902. The van der Waals surface area contributed by atoms with Crippen LogP contribution in [0.2, 0.25) is 25.7 Å². The van der Waals surface area contributed by atoms with E-state index in [1.165, 1.54) is 12.5 Å². The molecule has 0 amide bonds. The Hall–Kier alpha value is 1.18. The molecule has 0 nitrogen and oxygen atoms in total. The molecule has 1 aliphatic carbocycles. The molecule has 0 saturated heterocycles. The summed E-state index contributed by atoms with van der Waals surface area (Å²) in [6, 6.07) is 1.45. The molecule has 10 heavy (non-hydrogen) atoms. The van der Waals surface area contributed by atoms with Crippen LogP contribution in [0.5, 0.6) is 0 Å². The minimum absolute atomic E-state index is 0.334. The highest BCUT2D eigenvalue weighted by molar-refractivity contribution is 9.25. The van der Waals surface area contributed by atoms with Crippen molar-refractivity contribution in [3.05, 3.63) is 0 Å². The average molecular weight is 286 g/mol. The summed E-state index contributed by atoms with van der Waals surface area (Å²) < 4.78 is 0.334. The monoisotopic (exact) mass is 284 g/mol. The zero-order chi connectivity index (χ0) is 7.99. The molecule has 0 heterocycles. The predicted molar refractivity (Wildman–Crippen MR) is 56.8 cm³/mol. The van der Waals surface area contributed by atoms with E-state index in [9.17, 15) is 0 Å². The van der Waals surface area contributed by atoms with Crippen LogP contribution in [0.15, 0.2) is 0 Å². The highest BCUT2D eigenvalue weighted by Crippen LogP contribution is 2.59. The molecule has 0 N–H and O–H groups in total. The van der Waals surface area contributed by atoms with Gasteiger partial charge in [-0.15, -0.1) is 0 Å². The minimum atomic E-state index is -0.807. The predicted octanol–water partition coefficient (Wildman–Crippen LogP) is 3.83. The van der Waals surface area contributed by atoms with Crippen LogP contribution in [-0.2, 0) is 0 Å². The van der Waals surface area contributed by atoms with E-state index in [1.54, 1.807) is 0 Å². The van der Waals surface area contributed by atoms with Crippen molar-refractivity contribution in [1.29, 1.82) is 0 Å². The lowest BCUT2D eigenvalue weighted by atomic mass is 10.5. The summed E-state index contributed by atoms with van der Waals surface area (Å²) >= 11 is 7.29. The van der Waals surface area contributed by atoms with Crippen molar-refractivity contribution in [2.75, 3.05) is 0 Å². The first kappa shape index (κ1) is 9.27. The van der Waals surface area contributed by atoms with E-state index in [-0.39, 0.29) is 0 Å². The van der Waals surface area contributed by atoms with Gasteiger partial charge in [0.25, 0.3) is 0 Å². The second kappa shape index (κ2) is 2.59. The summed E-state index contributed by atoms with van der Waals surface area (Å²) in [5, 5.41) is 0. The number of alkyl halides is 2. The maximum absolute atomic E-state index is 3.64. The lowest BCUT2D eigenvalue weighted by molar-refractivity contribution is 0.946. The SMILES string of the molecule is C[Si](C)(C)CC1CC1(Br)Br. The summed E-state index contributed by atoms with van der Waals surface area (Å²) in [5.41, 5.74) is 0. The van der Waals surface area contributed by atoms with Gasteiger partial charge in [0.05, 0.1) is 3.23 Å². The number of halogens is 2. The fourth-order valence-corrected chi connectivity index (χ4v) is 4.90. The summed E-state index contributed by atoms with van der Waals surface area (Å²) in [7, 11) is -0.807. The molecule has 0 aromatic heterocycles. The third kappa shape index (κ3) is 2.66. The molecular weight excluding hydrogens is 272 g/mol. The fourth-order valence-electron chi connectivity index (χ4n) is 1.23. The van der Waals surface area contributed by atoms with Gasteiger partial charge in [-0.05, 0) is 12.3 Å². The summed E-state index contributed by atoms with van der Waals surface area (Å²) in [6.45, 7) is 7.30. The normalized spacial score (nSPS) is 30.3. The molecule has 0 aliphatic heterocycles. The van der Waals surface area contributed by atoms with Crippen molar-refractivity contribution in [2.24, 2.45) is 5.92 Å². The van der Waals surface area contributed by atoms with Gasteiger partial charge in [-0.1, -0.05) is 57.5 Å². The van der Waals surface area contributed by atoms with Crippen LogP contribution in [-0.4, -0.2) is 11.3 Å². The topological polar surface area (TPSA) is 0 Å². The largest absolute Gasteiger partial charge is 0.0835 e. The van der Waals surface area contributed by atoms with Gasteiger partial charge in [0.15, 0.2) is 0 Å². The zero-order valence-corrected chi connectivity index (χ0v) is 10.9. The van der Waals surface area contributed by atoms with Crippen LogP contribution in [0.3, 0.4) is 0 Å². The molecule has 1 aliphatic rings. The lowest BCUT2D eigenvalue weighted by Crippen LogP contribution is -2.20. The smallest absolute Gasteiger partial charge is 0.0724 e. The quantitative estimate of drug-likeness (QED) is 0.534. The van der Waals surface area contributed by atoms with E-state index in [2.05, 4.69) is 51.5 Å². The van der Waals surface area contributed by atoms with Crippen LogP contribution in [0.4, 0.5) is 0 Å². The number of hydrogen-bond donors (Lipinski definition) is 0. The number of rotatable bonds is 2. The average Bonchev–Trinajstić information content (AvgIpc) is 2.05. The van der Waals surface area contributed by atoms with E-state index < -0.39 is 8.07 Å². The van der Waals surface area contributed by atoms with Gasteiger partial charge in [0.1, 0.15) is 0 Å². The Balaban J connectivity index is 2.31. The molecule has 1 unspecified atom stereocenters. The molecule has 3 heteroatoms. The molecule has 0 radical (unpaired) electrons. The van der Waals surface area contributed by atoms with Crippen LogP contribution < -0.4 is 0 Å². The Bertz CT molecular complexity index is 137. The molecule has 0 aromatic rings. The highest BCUT2D eigenvalue weighted by Gasteiger charge is 2.51. The second-order valence-corrected chi connectivity index (χ2v) is 13.9. The first-order chi connectivity index (χ1) is 4.31. The van der Waals surface area contributed by atoms with E-state index in [1.807, 2.05) is 0 Å². The highest BCUT2D eigenvalue weighted by atomic mass is 79.9. The van der Waals surface area contributed by atoms with Crippen LogP contribution in [0, 0.1) is 5.92 Å². The Labute approximate surface area is 81.0 Å². The first-order valence-electron chi connectivity index (χ1n) is 3.69. The molecule has 1 fully saturated rings. The van der Waals surface area contributed by atoms with Crippen LogP contribution in [0.1, 0.15) is 6.42 Å². The Morgan fingerprint density at radius 3 is 1.90 bits per heavy atom. The van der Waals surface area contributed by atoms with E-state index in [0.29, 0.717) is 3.23 Å². The van der Waals surface area contributed by atoms with E-state index >= 15 is 0 Å². The molecule has 1 saturated carbocycles. The van der Waals surface area contributed by atoms with Gasteiger partial charge < -0.3 is 0 Å². The summed E-state index contributed by atoms with van der Waals surface area (Å²) in [6.07, 6.45) is 1.32. The van der Waals surface area contributed by atoms with Crippen molar-refractivity contribution in [3.63, 3.8) is 0 Å². The molecule has 60 valence electrons. The van der Waals surface area contributed by atoms with Crippen molar-refractivity contribution in [2.45, 2.75) is 35.3 Å². The molecule has 0 spiro atoms. The summed E-state index contributed by atoms with van der Waals surface area (Å²) in [4.78, 5) is 0. The number of hydrogen-bond acceptors (Lipinski definition) is 0. The van der Waals surface area contributed by atoms with Gasteiger partial charge >= 0.3 is 0 Å². The van der Waals surface area contributed by atoms with Gasteiger partial charge in [0, 0.05) is 8.07 Å². The Morgan fingerprint density at radius 2 is 1.80 bits per heavy atom. The van der Waals surface area contributed by atoms with Crippen molar-refractivity contribution >= 4 is 39.9 Å². The molecular formula is C7H14Br2Si. The third-order valence-corrected chi connectivity index (χ3v) is 5.47. The zero-order valence-electron chi connectivity index (χ0n) is 6.75. The maximum Gasteiger partial charge on any atom is 0.0835 e. The fraction of sp³-hybridized carbons (Fsp3) is 1.00. The molecule has 1 atom stereocenters. The van der Waals surface area contributed by atoms with Gasteiger partial charge in [-0.3, -0.25) is 0 Å². The van der Waals surface area contributed by atoms with Gasteiger partial charge in [-0.25, -0.2) is 0 Å². The first-order valence-corrected chi connectivity index (χ1v) is 8.98. The van der Waals surface area contributed by atoms with E-state index in [0.717, 1.165) is 5.92 Å². The van der Waals surface area contributed by atoms with Crippen LogP contribution in [0.25, 0.3) is 0 Å². The van der Waals surface area contributed by atoms with Crippen molar-refractivity contribution < 1.29 is 0 Å². The molecule has 0 bridgehead atoms. The van der Waals surface area contributed by atoms with Gasteiger partial charge in [-0.2, -0.15) is 0 Å². The molecule has 0 aromatic carbocycles.